The van der Waals surface area contributed by atoms with Crippen LogP contribution in [0.3, 0.4) is 0 Å². The van der Waals surface area contributed by atoms with E-state index in [4.69, 9.17) is 23.9 Å². The number of nitrogens with one attached hydrogen (secondary N) is 2. The predicted molar refractivity (Wildman–Crippen MR) is 201 cm³/mol. The third-order valence-corrected chi connectivity index (χ3v) is 8.39. The van der Waals surface area contributed by atoms with Gasteiger partial charge in [-0.25, -0.2) is 14.7 Å². The van der Waals surface area contributed by atoms with E-state index in [1.165, 1.54) is 30.3 Å². The van der Waals surface area contributed by atoms with Crippen LogP contribution >= 0.6 is 11.8 Å². The van der Waals surface area contributed by atoms with Gasteiger partial charge in [-0.3, -0.25) is 15.5 Å². The number of amidine groups is 1. The number of nitrogens with zero attached hydrogens (tertiary/aromatic N) is 5. The summed E-state index contributed by atoms with van der Waals surface area (Å²) in [6.07, 6.45) is -2.20. The second-order valence-electron chi connectivity index (χ2n) is 11.6. The van der Waals surface area contributed by atoms with Gasteiger partial charge in [-0.1, -0.05) is 54.6 Å². The van der Waals surface area contributed by atoms with Crippen LogP contribution in [0, 0.1) is 13.8 Å². The molecule has 0 spiro atoms. The second kappa shape index (κ2) is 19.0. The highest BCUT2D eigenvalue weighted by Crippen LogP contribution is 2.31. The van der Waals surface area contributed by atoms with Gasteiger partial charge in [0.05, 0.1) is 43.4 Å². The lowest BCUT2D eigenvalue weighted by molar-refractivity contribution is -0.160. The number of methoxy groups -OCH3 is 2. The molecule has 2 N–H and O–H groups in total. The molecule has 0 aliphatic rings. The molecular formula is C38H38F3N7O5S. The van der Waals surface area contributed by atoms with Crippen molar-refractivity contribution in [2.75, 3.05) is 26.7 Å². The molecule has 0 fully saturated rings. The molecule has 0 saturated carbocycles. The van der Waals surface area contributed by atoms with Crippen LogP contribution in [0.4, 0.5) is 18.9 Å². The number of aromatic nitrogens is 3. The summed E-state index contributed by atoms with van der Waals surface area (Å²) in [5.74, 6) is 0.526. The number of aryl methyl sites for hydroxylation is 2. The number of hydrogen-bond donors (Lipinski definition) is 2. The van der Waals surface area contributed by atoms with E-state index in [1.807, 2.05) is 68.4 Å². The molecule has 0 saturated heterocycles. The van der Waals surface area contributed by atoms with E-state index in [2.05, 4.69) is 25.9 Å². The first kappa shape index (κ1) is 39.7. The number of carbonyl (C=O) groups excluding carboxylic acids is 1. The number of hydrogen-bond acceptors (Lipinski definition) is 11. The minimum Gasteiger partial charge on any atom is -0.497 e. The van der Waals surface area contributed by atoms with Crippen LogP contribution < -0.4 is 15.5 Å². The topological polar surface area (TPSA) is 133 Å². The van der Waals surface area contributed by atoms with E-state index in [1.54, 1.807) is 25.5 Å². The number of aliphatic imine (C=N–C) groups is 1. The van der Waals surface area contributed by atoms with Crippen molar-refractivity contribution in [1.82, 2.24) is 25.5 Å². The van der Waals surface area contributed by atoms with Gasteiger partial charge in [0.15, 0.2) is 11.0 Å². The molecular weight excluding hydrogens is 724 g/mol. The molecule has 0 bridgehead atoms. The molecule has 12 nitrogen and oxygen atoms in total. The van der Waals surface area contributed by atoms with E-state index in [0.717, 1.165) is 46.1 Å². The summed E-state index contributed by atoms with van der Waals surface area (Å²) in [4.78, 5) is 21.6. The van der Waals surface area contributed by atoms with Gasteiger partial charge >= 0.3 is 12.1 Å². The van der Waals surface area contributed by atoms with E-state index < -0.39 is 24.1 Å². The normalized spacial score (nSPS) is 12.5. The van der Waals surface area contributed by atoms with Crippen molar-refractivity contribution >= 4 is 34.8 Å². The number of thioether (sulfide) groups is 1. The summed E-state index contributed by atoms with van der Waals surface area (Å²) in [7, 11) is 3.07. The monoisotopic (exact) mass is 761 g/mol. The standard InChI is InChI=1S/C38H38F3N7O5S/c1-25-18-32(50-3)19-26(2)34(25)45-36(54-24-53-33(49)21-42-37(51-4)52-22-28-8-6-5-7-9-28)46-44-20-27-10-12-29(13-11-27)35-43-23-48(47-35)31-16-14-30(15-17-31)38(39,40)41/h5-20,23,37,42H,21-22,24H2,1-4H3,(H,45,46)/b44-20+. The summed E-state index contributed by atoms with van der Waals surface area (Å²) in [6.45, 7) is 3.99. The maximum absolute atomic E-state index is 12.9. The van der Waals surface area contributed by atoms with Crippen molar-refractivity contribution in [1.29, 1.82) is 0 Å². The van der Waals surface area contributed by atoms with Crippen molar-refractivity contribution in [3.8, 4) is 22.8 Å². The molecule has 16 heteroatoms. The van der Waals surface area contributed by atoms with E-state index in [9.17, 15) is 18.0 Å². The van der Waals surface area contributed by atoms with E-state index in [-0.39, 0.29) is 12.5 Å². The van der Waals surface area contributed by atoms with Gasteiger partial charge in [0.1, 0.15) is 18.0 Å². The molecule has 0 aliphatic heterocycles. The first-order chi connectivity index (χ1) is 26.0. The number of rotatable bonds is 15. The third-order valence-electron chi connectivity index (χ3n) is 7.69. The molecule has 1 aromatic heterocycles. The Morgan fingerprint density at radius 2 is 1.69 bits per heavy atom. The smallest absolute Gasteiger partial charge is 0.416 e. The van der Waals surface area contributed by atoms with Crippen LogP contribution in [-0.4, -0.2) is 65.2 Å². The van der Waals surface area contributed by atoms with Crippen molar-refractivity contribution in [2.24, 2.45) is 10.1 Å². The zero-order valence-corrected chi connectivity index (χ0v) is 30.6. The number of alkyl halides is 3. The summed E-state index contributed by atoms with van der Waals surface area (Å²) >= 11 is 1.14. The molecule has 1 heterocycles. The minimum absolute atomic E-state index is 0.0561. The molecule has 5 rings (SSSR count). The van der Waals surface area contributed by atoms with Crippen molar-refractivity contribution in [2.45, 2.75) is 33.0 Å². The Bertz CT molecular complexity index is 2020. The Kier molecular flexibility index (Phi) is 13.9. The van der Waals surface area contributed by atoms with Gasteiger partial charge in [-0.05, 0) is 84.3 Å². The first-order valence-corrected chi connectivity index (χ1v) is 17.4. The fourth-order valence-corrected chi connectivity index (χ4v) is 5.50. The van der Waals surface area contributed by atoms with Crippen LogP contribution in [-0.2, 0) is 31.8 Å². The summed E-state index contributed by atoms with van der Waals surface area (Å²) < 4.78 is 62.0. The molecule has 1 atom stereocenters. The van der Waals surface area contributed by atoms with E-state index in [0.29, 0.717) is 40.3 Å². The maximum atomic E-state index is 12.9. The summed E-state index contributed by atoms with van der Waals surface area (Å²) in [6, 6.07) is 25.2. The number of hydrazone groups is 1. The average Bonchev–Trinajstić information content (AvgIpc) is 3.67. The highest BCUT2D eigenvalue weighted by molar-refractivity contribution is 8.13. The summed E-state index contributed by atoms with van der Waals surface area (Å²) in [5, 5.41) is 12.0. The van der Waals surface area contributed by atoms with E-state index >= 15 is 0 Å². The van der Waals surface area contributed by atoms with Crippen LogP contribution in [0.2, 0.25) is 0 Å². The molecule has 54 heavy (non-hydrogen) atoms. The highest BCUT2D eigenvalue weighted by Gasteiger charge is 2.30. The summed E-state index contributed by atoms with van der Waals surface area (Å²) in [5.41, 5.74) is 7.53. The molecule has 282 valence electrons. The quantitative estimate of drug-likeness (QED) is 0.0372. The Morgan fingerprint density at radius 3 is 2.33 bits per heavy atom. The number of halogens is 3. The highest BCUT2D eigenvalue weighted by atomic mass is 32.2. The van der Waals surface area contributed by atoms with Gasteiger partial charge in [-0.2, -0.15) is 18.3 Å². The molecule has 4 aromatic carbocycles. The molecule has 0 radical (unpaired) electrons. The first-order valence-electron chi connectivity index (χ1n) is 16.4. The van der Waals surface area contributed by atoms with Crippen molar-refractivity contribution in [3.63, 3.8) is 0 Å². The van der Waals surface area contributed by atoms with Gasteiger partial charge in [0.2, 0.25) is 6.41 Å². The molecule has 5 aromatic rings. The number of esters is 1. The lowest BCUT2D eigenvalue weighted by Gasteiger charge is -2.17. The largest absolute Gasteiger partial charge is 0.497 e. The lowest BCUT2D eigenvalue weighted by atomic mass is 10.1. The zero-order chi connectivity index (χ0) is 38.5. The van der Waals surface area contributed by atoms with Crippen LogP contribution in [0.5, 0.6) is 5.75 Å². The Balaban J connectivity index is 1.19. The van der Waals surface area contributed by atoms with Crippen molar-refractivity contribution < 1.29 is 36.9 Å². The maximum Gasteiger partial charge on any atom is 0.416 e. The Hall–Kier alpha value is -5.55. The van der Waals surface area contributed by atoms with Gasteiger partial charge in [0, 0.05) is 12.7 Å². The van der Waals surface area contributed by atoms with Crippen molar-refractivity contribution in [3.05, 3.63) is 125 Å². The number of benzene rings is 4. The predicted octanol–water partition coefficient (Wildman–Crippen LogP) is 7.16. The molecule has 0 aliphatic carbocycles. The molecule has 1 unspecified atom stereocenters. The fraction of sp³-hybridized carbons (Fsp3) is 0.237. The van der Waals surface area contributed by atoms with Crippen LogP contribution in [0.1, 0.15) is 27.8 Å². The average molecular weight is 762 g/mol. The Labute approximate surface area is 314 Å². The Morgan fingerprint density at radius 1 is 0.981 bits per heavy atom. The SMILES string of the molecule is COc1cc(C)c(N=C(N/N=C/c2ccc(-c3ncn(-c4ccc(C(F)(F)F)cc4)n3)cc2)SCOC(=O)CNC(OC)OCc2ccccc2)c(C)c1. The second-order valence-corrected chi connectivity index (χ2v) is 12.5. The minimum atomic E-state index is -4.42. The third kappa shape index (κ3) is 11.5. The molecule has 0 amide bonds. The van der Waals surface area contributed by atoms with Crippen LogP contribution in [0.15, 0.2) is 107 Å². The number of carbonyl (C=O) groups is 1. The van der Waals surface area contributed by atoms with Gasteiger partial charge < -0.3 is 18.9 Å². The lowest BCUT2D eigenvalue weighted by Crippen LogP contribution is -2.37. The zero-order valence-electron chi connectivity index (χ0n) is 29.8. The van der Waals surface area contributed by atoms with Gasteiger partial charge in [-0.15, -0.1) is 5.10 Å². The van der Waals surface area contributed by atoms with Gasteiger partial charge in [0.25, 0.3) is 0 Å². The fourth-order valence-electron chi connectivity index (χ4n) is 4.93. The number of ether oxygens (including phenoxy) is 4. The van der Waals surface area contributed by atoms with Crippen LogP contribution in [0.25, 0.3) is 17.1 Å².